The quantitative estimate of drug-likeness (QED) is 0.572. The fourth-order valence-electron chi connectivity index (χ4n) is 1.79. The molecule has 23 heavy (non-hydrogen) atoms. The van der Waals surface area contributed by atoms with E-state index in [0.29, 0.717) is 11.6 Å². The molecule has 1 amide bonds. The first-order valence-corrected chi connectivity index (χ1v) is 8.22. The lowest BCUT2D eigenvalue weighted by Gasteiger charge is -2.04. The number of halogens is 2. The van der Waals surface area contributed by atoms with E-state index in [2.05, 4.69) is 26.4 Å². The number of carbonyl (C=O) groups excluding carboxylic acids is 1. The van der Waals surface area contributed by atoms with Gasteiger partial charge in [0.25, 0.3) is 5.91 Å². The van der Waals surface area contributed by atoms with Gasteiger partial charge < -0.3 is 10.2 Å². The van der Waals surface area contributed by atoms with E-state index in [1.54, 1.807) is 6.21 Å². The van der Waals surface area contributed by atoms with Crippen molar-refractivity contribution in [2.45, 2.75) is 6.42 Å². The first kappa shape index (κ1) is 17.5. The smallest absolute Gasteiger partial charge is 0.260 e. The van der Waals surface area contributed by atoms with Crippen molar-refractivity contribution in [1.29, 1.82) is 0 Å². The van der Waals surface area contributed by atoms with E-state index >= 15 is 0 Å². The zero-order chi connectivity index (χ0) is 16.5. The SMILES string of the molecule is O=C(CO/N=C\c1ccc(Br)cc1)NCCc1ccc(Cl)cc1. The van der Waals surface area contributed by atoms with Crippen molar-refractivity contribution in [3.8, 4) is 0 Å². The van der Waals surface area contributed by atoms with Crippen LogP contribution in [0.15, 0.2) is 58.2 Å². The Labute approximate surface area is 148 Å². The largest absolute Gasteiger partial charge is 0.386 e. The molecule has 0 bridgehead atoms. The Morgan fingerprint density at radius 3 is 2.57 bits per heavy atom. The lowest BCUT2D eigenvalue weighted by molar-refractivity contribution is -0.125. The number of hydrogen-bond donors (Lipinski definition) is 1. The van der Waals surface area contributed by atoms with Gasteiger partial charge >= 0.3 is 0 Å². The van der Waals surface area contributed by atoms with Gasteiger partial charge in [0.2, 0.25) is 0 Å². The third kappa shape index (κ3) is 6.84. The maximum atomic E-state index is 11.6. The molecule has 0 atom stereocenters. The van der Waals surface area contributed by atoms with Crippen molar-refractivity contribution in [2.24, 2.45) is 5.16 Å². The molecular weight excluding hydrogens is 380 g/mol. The molecule has 0 heterocycles. The van der Waals surface area contributed by atoms with E-state index in [1.807, 2.05) is 48.5 Å². The Kier molecular flexibility index (Phi) is 7.10. The van der Waals surface area contributed by atoms with E-state index in [9.17, 15) is 4.79 Å². The van der Waals surface area contributed by atoms with Crippen LogP contribution < -0.4 is 5.32 Å². The summed E-state index contributed by atoms with van der Waals surface area (Å²) in [5, 5.41) is 7.25. The zero-order valence-corrected chi connectivity index (χ0v) is 14.7. The van der Waals surface area contributed by atoms with Crippen LogP contribution in [0, 0.1) is 0 Å². The number of nitrogens with zero attached hydrogens (tertiary/aromatic N) is 1. The normalized spacial score (nSPS) is 10.7. The molecule has 0 aliphatic heterocycles. The predicted molar refractivity (Wildman–Crippen MR) is 95.9 cm³/mol. The highest BCUT2D eigenvalue weighted by atomic mass is 79.9. The molecule has 1 N–H and O–H groups in total. The Bertz CT molecular complexity index is 657. The molecule has 0 unspecified atom stereocenters. The third-order valence-corrected chi connectivity index (χ3v) is 3.77. The van der Waals surface area contributed by atoms with E-state index in [4.69, 9.17) is 16.4 Å². The van der Waals surface area contributed by atoms with Gasteiger partial charge in [-0.2, -0.15) is 0 Å². The molecule has 0 saturated carbocycles. The molecular formula is C17H16BrClN2O2. The monoisotopic (exact) mass is 394 g/mol. The summed E-state index contributed by atoms with van der Waals surface area (Å²) < 4.78 is 0.996. The highest BCUT2D eigenvalue weighted by molar-refractivity contribution is 9.10. The average molecular weight is 396 g/mol. The summed E-state index contributed by atoms with van der Waals surface area (Å²) in [6.45, 7) is 0.438. The van der Waals surface area contributed by atoms with Gasteiger partial charge in [-0.15, -0.1) is 0 Å². The maximum Gasteiger partial charge on any atom is 0.260 e. The molecule has 6 heteroatoms. The number of rotatable bonds is 7. The van der Waals surface area contributed by atoms with Gasteiger partial charge in [-0.25, -0.2) is 0 Å². The lowest BCUT2D eigenvalue weighted by atomic mass is 10.1. The number of carbonyl (C=O) groups is 1. The molecule has 0 spiro atoms. The fourth-order valence-corrected chi connectivity index (χ4v) is 2.18. The topological polar surface area (TPSA) is 50.7 Å². The van der Waals surface area contributed by atoms with E-state index in [1.165, 1.54) is 0 Å². The standard InChI is InChI=1S/C17H16BrClN2O2/c18-15-5-1-14(2-6-15)11-21-23-12-17(22)20-10-9-13-3-7-16(19)8-4-13/h1-8,11H,9-10,12H2,(H,20,22)/b21-11-. The van der Waals surface area contributed by atoms with Crippen molar-refractivity contribution >= 4 is 39.7 Å². The minimum Gasteiger partial charge on any atom is -0.386 e. The van der Waals surface area contributed by atoms with Crippen molar-refractivity contribution in [1.82, 2.24) is 5.32 Å². The summed E-state index contributed by atoms with van der Waals surface area (Å²) in [7, 11) is 0. The van der Waals surface area contributed by atoms with Gasteiger partial charge in [-0.1, -0.05) is 57.0 Å². The average Bonchev–Trinajstić information content (AvgIpc) is 2.55. The van der Waals surface area contributed by atoms with Gasteiger partial charge in [-0.3, -0.25) is 4.79 Å². The summed E-state index contributed by atoms with van der Waals surface area (Å²) in [6, 6.07) is 15.1. The third-order valence-electron chi connectivity index (χ3n) is 2.99. The van der Waals surface area contributed by atoms with Crippen LogP contribution in [-0.4, -0.2) is 25.3 Å². The summed E-state index contributed by atoms with van der Waals surface area (Å²) in [6.07, 6.45) is 2.30. The van der Waals surface area contributed by atoms with Crippen LogP contribution >= 0.6 is 27.5 Å². The summed E-state index contributed by atoms with van der Waals surface area (Å²) >= 11 is 9.17. The van der Waals surface area contributed by atoms with Crippen molar-refractivity contribution in [3.05, 3.63) is 69.2 Å². The summed E-state index contributed by atoms with van der Waals surface area (Å²) in [4.78, 5) is 16.6. The molecule has 0 aliphatic rings. The minimum absolute atomic E-state index is 0.104. The highest BCUT2D eigenvalue weighted by Crippen LogP contribution is 2.10. The Morgan fingerprint density at radius 1 is 1.17 bits per heavy atom. The maximum absolute atomic E-state index is 11.6. The van der Waals surface area contributed by atoms with Gasteiger partial charge in [0.1, 0.15) is 0 Å². The number of oxime groups is 1. The van der Waals surface area contributed by atoms with Crippen LogP contribution in [0.3, 0.4) is 0 Å². The van der Waals surface area contributed by atoms with Gasteiger partial charge in [-0.05, 0) is 41.8 Å². The predicted octanol–water partition coefficient (Wildman–Crippen LogP) is 3.81. The van der Waals surface area contributed by atoms with E-state index in [0.717, 1.165) is 22.0 Å². The minimum atomic E-state index is -0.202. The molecule has 2 aromatic carbocycles. The fraction of sp³-hybridized carbons (Fsp3) is 0.176. The Balaban J connectivity index is 1.63. The van der Waals surface area contributed by atoms with Gasteiger partial charge in [0.15, 0.2) is 6.61 Å². The molecule has 120 valence electrons. The first-order valence-electron chi connectivity index (χ1n) is 7.05. The Morgan fingerprint density at radius 2 is 1.87 bits per heavy atom. The highest BCUT2D eigenvalue weighted by Gasteiger charge is 2.01. The number of nitrogens with one attached hydrogen (secondary N) is 1. The summed E-state index contributed by atoms with van der Waals surface area (Å²) in [5.74, 6) is -0.202. The van der Waals surface area contributed by atoms with Crippen LogP contribution in [-0.2, 0) is 16.1 Å². The molecule has 0 radical (unpaired) electrons. The molecule has 0 aromatic heterocycles. The Hall–Kier alpha value is -1.85. The second-order valence-electron chi connectivity index (χ2n) is 4.79. The zero-order valence-electron chi connectivity index (χ0n) is 12.3. The van der Waals surface area contributed by atoms with Crippen molar-refractivity contribution < 1.29 is 9.63 Å². The van der Waals surface area contributed by atoms with Gasteiger partial charge in [0.05, 0.1) is 6.21 Å². The number of hydrogen-bond acceptors (Lipinski definition) is 3. The number of benzene rings is 2. The molecule has 0 fully saturated rings. The van der Waals surface area contributed by atoms with E-state index in [-0.39, 0.29) is 12.5 Å². The van der Waals surface area contributed by atoms with Gasteiger partial charge in [0, 0.05) is 16.0 Å². The molecule has 2 aromatic rings. The summed E-state index contributed by atoms with van der Waals surface area (Å²) in [5.41, 5.74) is 2.01. The number of amides is 1. The molecule has 0 saturated heterocycles. The van der Waals surface area contributed by atoms with E-state index < -0.39 is 0 Å². The van der Waals surface area contributed by atoms with Crippen LogP contribution in [0.1, 0.15) is 11.1 Å². The molecule has 2 rings (SSSR count). The molecule has 4 nitrogen and oxygen atoms in total. The molecule has 0 aliphatic carbocycles. The van der Waals surface area contributed by atoms with Crippen LogP contribution in [0.4, 0.5) is 0 Å². The second kappa shape index (κ2) is 9.33. The second-order valence-corrected chi connectivity index (χ2v) is 6.14. The van der Waals surface area contributed by atoms with Crippen molar-refractivity contribution in [3.63, 3.8) is 0 Å². The van der Waals surface area contributed by atoms with Crippen molar-refractivity contribution in [2.75, 3.05) is 13.2 Å². The van der Waals surface area contributed by atoms with Crippen LogP contribution in [0.5, 0.6) is 0 Å². The van der Waals surface area contributed by atoms with Crippen LogP contribution in [0.2, 0.25) is 5.02 Å². The first-order chi connectivity index (χ1) is 11.1. The van der Waals surface area contributed by atoms with Crippen LogP contribution in [0.25, 0.3) is 0 Å². The lowest BCUT2D eigenvalue weighted by Crippen LogP contribution is -2.28.